The van der Waals surface area contributed by atoms with E-state index in [9.17, 15) is 9.59 Å². The van der Waals surface area contributed by atoms with Crippen LogP contribution in [0.4, 0.5) is 0 Å². The van der Waals surface area contributed by atoms with Gasteiger partial charge in [0.25, 0.3) is 11.5 Å². The molecule has 2 heterocycles. The number of carbonyl (C=O) groups is 1. The quantitative estimate of drug-likeness (QED) is 0.477. The lowest BCUT2D eigenvalue weighted by molar-refractivity contribution is 0.0954. The van der Waals surface area contributed by atoms with E-state index >= 15 is 0 Å². The number of aromatic nitrogens is 3. The molecule has 2 aromatic heterocycles. The Hall–Kier alpha value is -3.19. The second-order valence-electron chi connectivity index (χ2n) is 6.42. The van der Waals surface area contributed by atoms with E-state index in [2.05, 4.69) is 21.4 Å². The van der Waals surface area contributed by atoms with Crippen LogP contribution in [0.2, 0.25) is 0 Å². The summed E-state index contributed by atoms with van der Waals surface area (Å²) in [7, 11) is 1.62. The van der Waals surface area contributed by atoms with Crippen molar-refractivity contribution in [2.75, 3.05) is 6.54 Å². The third-order valence-electron chi connectivity index (χ3n) is 4.72. The molecule has 0 spiro atoms. The minimum Gasteiger partial charge on any atom is -0.361 e. The molecule has 0 atom stereocenters. The Kier molecular flexibility index (Phi) is 4.37. The van der Waals surface area contributed by atoms with Gasteiger partial charge in [0, 0.05) is 36.3 Å². The molecule has 0 aliphatic rings. The number of aromatic amines is 2. The van der Waals surface area contributed by atoms with Crippen LogP contribution in [0.5, 0.6) is 0 Å². The average Bonchev–Trinajstić information content (AvgIpc) is 3.09. The number of nitrogens with zero attached hydrogens (tertiary/aromatic N) is 1. The molecule has 0 saturated heterocycles. The molecule has 0 radical (unpaired) electrons. The highest BCUT2D eigenvalue weighted by atomic mass is 32.1. The topological polar surface area (TPSA) is 82.7 Å². The van der Waals surface area contributed by atoms with Gasteiger partial charge in [0.05, 0.1) is 10.9 Å². The van der Waals surface area contributed by atoms with Crippen LogP contribution >= 0.6 is 12.2 Å². The second-order valence-corrected chi connectivity index (χ2v) is 6.81. The highest BCUT2D eigenvalue weighted by Gasteiger charge is 2.10. The molecule has 0 aliphatic heterocycles. The van der Waals surface area contributed by atoms with Crippen molar-refractivity contribution < 1.29 is 4.79 Å². The summed E-state index contributed by atoms with van der Waals surface area (Å²) in [6.45, 7) is 0.519. The van der Waals surface area contributed by atoms with E-state index in [1.54, 1.807) is 25.2 Å². The zero-order valence-corrected chi connectivity index (χ0v) is 15.5. The molecule has 0 aliphatic carbocycles. The average molecular weight is 378 g/mol. The molecule has 27 heavy (non-hydrogen) atoms. The third kappa shape index (κ3) is 3.17. The van der Waals surface area contributed by atoms with Crippen LogP contribution in [0, 0.1) is 4.77 Å². The molecule has 1 amide bonds. The van der Waals surface area contributed by atoms with Crippen molar-refractivity contribution >= 4 is 39.9 Å². The van der Waals surface area contributed by atoms with Crippen LogP contribution in [-0.4, -0.2) is 27.0 Å². The largest absolute Gasteiger partial charge is 0.361 e. The number of fused-ring (bicyclic) bond motifs is 2. The number of carbonyl (C=O) groups excluding carboxylic acids is 1. The van der Waals surface area contributed by atoms with Crippen molar-refractivity contribution in [1.82, 2.24) is 19.9 Å². The first-order valence-electron chi connectivity index (χ1n) is 8.61. The van der Waals surface area contributed by atoms with E-state index in [-0.39, 0.29) is 11.5 Å². The normalized spacial score (nSPS) is 11.1. The third-order valence-corrected chi connectivity index (χ3v) is 5.09. The van der Waals surface area contributed by atoms with Crippen LogP contribution < -0.4 is 10.9 Å². The summed E-state index contributed by atoms with van der Waals surface area (Å²) >= 11 is 5.14. The molecule has 0 bridgehead atoms. The molecular weight excluding hydrogens is 360 g/mol. The van der Waals surface area contributed by atoms with Gasteiger partial charge in [-0.15, -0.1) is 0 Å². The Bertz CT molecular complexity index is 1280. The van der Waals surface area contributed by atoms with Gasteiger partial charge in [0.1, 0.15) is 0 Å². The first-order chi connectivity index (χ1) is 13.0. The Labute approximate surface area is 159 Å². The molecular formula is C20H18N4O2S. The number of benzene rings is 2. The van der Waals surface area contributed by atoms with Gasteiger partial charge in [-0.3, -0.25) is 14.2 Å². The highest BCUT2D eigenvalue weighted by Crippen LogP contribution is 2.17. The van der Waals surface area contributed by atoms with Crippen LogP contribution in [0.3, 0.4) is 0 Å². The maximum atomic E-state index is 12.5. The minimum absolute atomic E-state index is 0.181. The van der Waals surface area contributed by atoms with Crippen molar-refractivity contribution in [2.24, 2.45) is 7.05 Å². The minimum atomic E-state index is -0.184. The molecule has 136 valence electrons. The first kappa shape index (κ1) is 17.2. The molecule has 3 N–H and O–H groups in total. The van der Waals surface area contributed by atoms with E-state index in [4.69, 9.17) is 12.2 Å². The van der Waals surface area contributed by atoms with Gasteiger partial charge in [-0.25, -0.2) is 0 Å². The summed E-state index contributed by atoms with van der Waals surface area (Å²) in [5, 5.41) is 4.60. The van der Waals surface area contributed by atoms with Crippen molar-refractivity contribution in [2.45, 2.75) is 6.42 Å². The van der Waals surface area contributed by atoms with Crippen molar-refractivity contribution in [3.63, 3.8) is 0 Å². The molecule has 0 fully saturated rings. The number of hydrogen-bond donors (Lipinski definition) is 3. The molecule has 2 aromatic carbocycles. The summed E-state index contributed by atoms with van der Waals surface area (Å²) in [6.07, 6.45) is 2.70. The predicted molar refractivity (Wildman–Crippen MR) is 109 cm³/mol. The number of H-pyrrole nitrogens is 2. The number of amides is 1. The van der Waals surface area contributed by atoms with Gasteiger partial charge >= 0.3 is 0 Å². The van der Waals surface area contributed by atoms with Gasteiger partial charge in [-0.1, -0.05) is 18.2 Å². The molecule has 6 nitrogen and oxygen atoms in total. The Morgan fingerprint density at radius 3 is 2.81 bits per heavy atom. The Morgan fingerprint density at radius 1 is 1.15 bits per heavy atom. The first-order valence-corrected chi connectivity index (χ1v) is 9.01. The summed E-state index contributed by atoms with van der Waals surface area (Å²) < 4.78 is 1.70. The number of nitrogens with one attached hydrogen (secondary N) is 3. The Balaban J connectivity index is 1.50. The monoisotopic (exact) mass is 378 g/mol. The lowest BCUT2D eigenvalue weighted by Crippen LogP contribution is -2.26. The van der Waals surface area contributed by atoms with Gasteiger partial charge in [-0.2, -0.15) is 0 Å². The van der Waals surface area contributed by atoms with E-state index in [1.807, 2.05) is 24.4 Å². The number of rotatable bonds is 4. The van der Waals surface area contributed by atoms with Crippen molar-refractivity contribution in [1.29, 1.82) is 0 Å². The van der Waals surface area contributed by atoms with E-state index in [0.717, 1.165) is 17.5 Å². The standard InChI is InChI=1S/C20H18N4O2S/c1-24-19(26)15-7-6-12(10-17(15)23-20(24)27)18(25)21-9-8-13-11-22-16-5-3-2-4-14(13)16/h2-7,10-11,22H,8-9H2,1H3,(H,21,25)(H,23,27). The molecule has 7 heteroatoms. The zero-order chi connectivity index (χ0) is 19.0. The fourth-order valence-corrected chi connectivity index (χ4v) is 3.39. The fourth-order valence-electron chi connectivity index (χ4n) is 3.20. The SMILES string of the molecule is Cn1c(=S)[nH]c2cc(C(=O)NCCc3c[nH]c4ccccc34)ccc2c1=O. The van der Waals surface area contributed by atoms with Crippen molar-refractivity contribution in [3.05, 3.63) is 74.9 Å². The summed E-state index contributed by atoms with van der Waals surface area (Å²) in [5.74, 6) is -0.184. The maximum Gasteiger partial charge on any atom is 0.261 e. The Morgan fingerprint density at radius 2 is 1.96 bits per heavy atom. The lowest BCUT2D eigenvalue weighted by atomic mass is 10.1. The molecule has 4 aromatic rings. The summed E-state index contributed by atoms with van der Waals surface area (Å²) in [5.41, 5.74) is 3.12. The van der Waals surface area contributed by atoms with Gasteiger partial charge in [0.15, 0.2) is 4.77 Å². The fraction of sp³-hybridized carbons (Fsp3) is 0.150. The van der Waals surface area contributed by atoms with Crippen LogP contribution in [0.15, 0.2) is 53.5 Å². The van der Waals surface area contributed by atoms with Crippen LogP contribution in [-0.2, 0) is 13.5 Å². The van der Waals surface area contributed by atoms with Gasteiger partial charge in [-0.05, 0) is 48.5 Å². The zero-order valence-electron chi connectivity index (χ0n) is 14.7. The predicted octanol–water partition coefficient (Wildman–Crippen LogP) is 3.05. The van der Waals surface area contributed by atoms with Gasteiger partial charge < -0.3 is 15.3 Å². The maximum absolute atomic E-state index is 12.5. The highest BCUT2D eigenvalue weighted by molar-refractivity contribution is 7.71. The summed E-state index contributed by atoms with van der Waals surface area (Å²) in [6, 6.07) is 13.0. The van der Waals surface area contributed by atoms with E-state index in [1.165, 1.54) is 9.95 Å². The molecule has 0 unspecified atom stereocenters. The summed E-state index contributed by atoms with van der Waals surface area (Å²) in [4.78, 5) is 30.9. The molecule has 4 rings (SSSR count). The number of hydrogen-bond acceptors (Lipinski definition) is 3. The van der Waals surface area contributed by atoms with E-state index in [0.29, 0.717) is 27.8 Å². The number of para-hydroxylation sites is 1. The van der Waals surface area contributed by atoms with Crippen LogP contribution in [0.1, 0.15) is 15.9 Å². The molecule has 0 saturated carbocycles. The second kappa shape index (κ2) is 6.85. The van der Waals surface area contributed by atoms with Gasteiger partial charge in [0.2, 0.25) is 0 Å². The van der Waals surface area contributed by atoms with E-state index < -0.39 is 0 Å². The van der Waals surface area contributed by atoms with Crippen LogP contribution in [0.25, 0.3) is 21.8 Å². The lowest BCUT2D eigenvalue weighted by Gasteiger charge is -2.07. The smallest absolute Gasteiger partial charge is 0.261 e. The van der Waals surface area contributed by atoms with Crippen molar-refractivity contribution in [3.8, 4) is 0 Å².